The molecule has 1 heterocycles. The summed E-state index contributed by atoms with van der Waals surface area (Å²) in [5.41, 5.74) is 1.43. The number of aliphatic carboxylic acids is 1. The van der Waals surface area contributed by atoms with Gasteiger partial charge in [0.25, 0.3) is 11.8 Å². The van der Waals surface area contributed by atoms with Crippen molar-refractivity contribution in [1.82, 2.24) is 4.90 Å². The summed E-state index contributed by atoms with van der Waals surface area (Å²) in [7, 11) is 0. The molecule has 2 amide bonds. The molecule has 122 valence electrons. The molecule has 0 aromatic heterocycles. The zero-order chi connectivity index (χ0) is 17.3. The number of carboxylic acids is 1. The van der Waals surface area contributed by atoms with Gasteiger partial charge < -0.3 is 5.11 Å². The number of imide groups is 1. The van der Waals surface area contributed by atoms with Crippen LogP contribution in [0.25, 0.3) is 0 Å². The highest BCUT2D eigenvalue weighted by Gasteiger charge is 2.36. The Bertz CT molecular complexity index is 781. The van der Waals surface area contributed by atoms with Crippen LogP contribution >= 0.6 is 11.6 Å². The number of halogens is 1. The summed E-state index contributed by atoms with van der Waals surface area (Å²) in [6.45, 7) is 0.0142. The van der Waals surface area contributed by atoms with E-state index in [1.165, 1.54) is 0 Å². The summed E-state index contributed by atoms with van der Waals surface area (Å²) in [6.07, 6.45) is -0.185. The van der Waals surface area contributed by atoms with Crippen molar-refractivity contribution >= 4 is 29.4 Å². The van der Waals surface area contributed by atoms with Crippen LogP contribution in [0.4, 0.5) is 0 Å². The van der Waals surface area contributed by atoms with Crippen LogP contribution in [0.5, 0.6) is 0 Å². The van der Waals surface area contributed by atoms with E-state index in [1.54, 1.807) is 48.5 Å². The van der Waals surface area contributed by atoms with Crippen LogP contribution in [0.1, 0.15) is 38.6 Å². The minimum absolute atomic E-state index is 0.0142. The van der Waals surface area contributed by atoms with Gasteiger partial charge in [-0.25, -0.2) is 0 Å². The lowest BCUT2D eigenvalue weighted by molar-refractivity contribution is -0.137. The zero-order valence-corrected chi connectivity index (χ0v) is 13.4. The zero-order valence-electron chi connectivity index (χ0n) is 12.6. The normalized spacial score (nSPS) is 14.6. The predicted octanol–water partition coefficient (Wildman–Crippen LogP) is 3.19. The summed E-state index contributed by atoms with van der Waals surface area (Å²) in [5, 5.41) is 9.70. The minimum Gasteiger partial charge on any atom is -0.481 e. The first-order valence-corrected chi connectivity index (χ1v) is 7.77. The number of benzene rings is 2. The van der Waals surface area contributed by atoms with Crippen molar-refractivity contribution in [2.24, 2.45) is 0 Å². The maximum Gasteiger partial charge on any atom is 0.304 e. The van der Waals surface area contributed by atoms with E-state index in [2.05, 4.69) is 0 Å². The van der Waals surface area contributed by atoms with E-state index < -0.39 is 11.9 Å². The molecule has 0 radical (unpaired) electrons. The molecule has 5 nitrogen and oxygen atoms in total. The Morgan fingerprint density at radius 1 is 1.00 bits per heavy atom. The standard InChI is InChI=1S/C18H14ClNO4/c19-13-7-5-11(6-8-13)12(9-16(21)22)10-20-17(23)14-3-1-2-4-15(14)18(20)24/h1-8,12H,9-10H2,(H,21,22). The predicted molar refractivity (Wildman–Crippen MR) is 88.3 cm³/mol. The number of rotatable bonds is 5. The second-order valence-corrected chi connectivity index (χ2v) is 6.05. The number of hydrogen-bond donors (Lipinski definition) is 1. The van der Waals surface area contributed by atoms with Crippen LogP contribution in [0.15, 0.2) is 48.5 Å². The van der Waals surface area contributed by atoms with E-state index in [0.29, 0.717) is 16.1 Å². The van der Waals surface area contributed by atoms with E-state index in [9.17, 15) is 14.4 Å². The van der Waals surface area contributed by atoms with Gasteiger partial charge in [0.05, 0.1) is 17.5 Å². The Kier molecular flexibility index (Phi) is 4.36. The average molecular weight is 344 g/mol. The topological polar surface area (TPSA) is 74.7 Å². The fourth-order valence-corrected chi connectivity index (χ4v) is 2.98. The first-order chi connectivity index (χ1) is 11.5. The van der Waals surface area contributed by atoms with Crippen LogP contribution < -0.4 is 0 Å². The van der Waals surface area contributed by atoms with E-state index >= 15 is 0 Å². The average Bonchev–Trinajstić information content (AvgIpc) is 2.80. The molecular formula is C18H14ClNO4. The molecule has 2 aromatic rings. The highest BCUT2D eigenvalue weighted by molar-refractivity contribution is 6.30. The fraction of sp³-hybridized carbons (Fsp3) is 0.167. The van der Waals surface area contributed by atoms with E-state index in [4.69, 9.17) is 16.7 Å². The monoisotopic (exact) mass is 343 g/mol. The number of carboxylic acid groups (broad SMARTS) is 1. The van der Waals surface area contributed by atoms with E-state index in [1.807, 2.05) is 0 Å². The van der Waals surface area contributed by atoms with Crippen molar-refractivity contribution in [1.29, 1.82) is 0 Å². The maximum atomic E-state index is 12.5. The molecule has 1 aliphatic heterocycles. The van der Waals surface area contributed by atoms with Crippen molar-refractivity contribution in [2.75, 3.05) is 6.54 Å². The lowest BCUT2D eigenvalue weighted by atomic mass is 9.95. The second-order valence-electron chi connectivity index (χ2n) is 5.61. The van der Waals surface area contributed by atoms with Gasteiger partial charge >= 0.3 is 5.97 Å². The third-order valence-corrected chi connectivity index (χ3v) is 4.30. The van der Waals surface area contributed by atoms with Crippen molar-refractivity contribution in [2.45, 2.75) is 12.3 Å². The Morgan fingerprint density at radius 2 is 1.54 bits per heavy atom. The Hall–Kier alpha value is -2.66. The van der Waals surface area contributed by atoms with Gasteiger partial charge in [-0.2, -0.15) is 0 Å². The first-order valence-electron chi connectivity index (χ1n) is 7.40. The van der Waals surface area contributed by atoms with Crippen molar-refractivity contribution in [3.8, 4) is 0 Å². The van der Waals surface area contributed by atoms with E-state index in [0.717, 1.165) is 10.5 Å². The largest absolute Gasteiger partial charge is 0.481 e. The molecule has 0 aliphatic carbocycles. The van der Waals surface area contributed by atoms with Gasteiger partial charge in [0.15, 0.2) is 0 Å². The molecule has 0 saturated heterocycles. The molecule has 1 unspecified atom stereocenters. The number of carbonyl (C=O) groups excluding carboxylic acids is 2. The number of fused-ring (bicyclic) bond motifs is 1. The molecule has 2 aromatic carbocycles. The van der Waals surface area contributed by atoms with Gasteiger partial charge in [-0.05, 0) is 29.8 Å². The van der Waals surface area contributed by atoms with Crippen LogP contribution in [0.2, 0.25) is 5.02 Å². The summed E-state index contributed by atoms with van der Waals surface area (Å²) in [5.74, 6) is -2.27. The Labute approximate surface area is 143 Å². The molecule has 1 aliphatic rings. The number of nitrogens with zero attached hydrogens (tertiary/aromatic N) is 1. The van der Waals surface area contributed by atoms with Crippen molar-refractivity contribution < 1.29 is 19.5 Å². The summed E-state index contributed by atoms with van der Waals surface area (Å²) >= 11 is 5.86. The van der Waals surface area contributed by atoms with Crippen molar-refractivity contribution in [3.05, 3.63) is 70.2 Å². The number of amides is 2. The number of carbonyl (C=O) groups is 3. The summed E-state index contributed by atoms with van der Waals surface area (Å²) in [4.78, 5) is 37.2. The molecule has 1 N–H and O–H groups in total. The summed E-state index contributed by atoms with van der Waals surface area (Å²) in [6, 6.07) is 13.3. The molecule has 0 fully saturated rings. The fourth-order valence-electron chi connectivity index (χ4n) is 2.86. The molecule has 6 heteroatoms. The molecule has 0 spiro atoms. The minimum atomic E-state index is -0.994. The highest BCUT2D eigenvalue weighted by atomic mass is 35.5. The Balaban J connectivity index is 1.88. The van der Waals surface area contributed by atoms with Gasteiger partial charge in [-0.15, -0.1) is 0 Å². The van der Waals surface area contributed by atoms with Crippen molar-refractivity contribution in [3.63, 3.8) is 0 Å². The molecular weight excluding hydrogens is 330 g/mol. The maximum absolute atomic E-state index is 12.5. The lowest BCUT2D eigenvalue weighted by Gasteiger charge is -2.22. The van der Waals surface area contributed by atoms with Gasteiger partial charge in [0, 0.05) is 17.5 Å². The highest BCUT2D eigenvalue weighted by Crippen LogP contribution is 2.28. The molecule has 0 bridgehead atoms. The molecule has 24 heavy (non-hydrogen) atoms. The van der Waals surface area contributed by atoms with E-state index in [-0.39, 0.29) is 24.8 Å². The summed E-state index contributed by atoms with van der Waals surface area (Å²) < 4.78 is 0. The SMILES string of the molecule is O=C(O)CC(CN1C(=O)c2ccccc2C1=O)c1ccc(Cl)cc1. The third-order valence-electron chi connectivity index (χ3n) is 4.04. The quantitative estimate of drug-likeness (QED) is 0.846. The first kappa shape index (κ1) is 16.2. The van der Waals surface area contributed by atoms with Gasteiger partial charge in [0.2, 0.25) is 0 Å². The van der Waals surface area contributed by atoms with Gasteiger partial charge in [0.1, 0.15) is 0 Å². The molecule has 0 saturated carbocycles. The van der Waals surface area contributed by atoms with Gasteiger partial charge in [-0.1, -0.05) is 35.9 Å². The molecule has 1 atom stereocenters. The van der Waals surface area contributed by atoms with Gasteiger partial charge in [-0.3, -0.25) is 19.3 Å². The Morgan fingerprint density at radius 3 is 2.04 bits per heavy atom. The molecule has 3 rings (SSSR count). The van der Waals surface area contributed by atoms with Crippen LogP contribution in [0.3, 0.4) is 0 Å². The second kappa shape index (κ2) is 6.45. The van der Waals surface area contributed by atoms with Crippen LogP contribution in [-0.2, 0) is 4.79 Å². The van der Waals surface area contributed by atoms with Crippen LogP contribution in [0, 0.1) is 0 Å². The van der Waals surface area contributed by atoms with Crippen LogP contribution in [-0.4, -0.2) is 34.3 Å². The third kappa shape index (κ3) is 3.03. The number of hydrogen-bond acceptors (Lipinski definition) is 3. The lowest BCUT2D eigenvalue weighted by Crippen LogP contribution is -2.34. The smallest absolute Gasteiger partial charge is 0.304 e.